The van der Waals surface area contributed by atoms with E-state index in [0.29, 0.717) is 0 Å². The molecular formula is C6H12O7S4. The van der Waals surface area contributed by atoms with Gasteiger partial charge < -0.3 is 0 Å². The first-order chi connectivity index (χ1) is 7.56. The van der Waals surface area contributed by atoms with Crippen molar-refractivity contribution in [2.45, 2.75) is 0 Å². The van der Waals surface area contributed by atoms with E-state index in [9.17, 15) is 8.42 Å². The van der Waals surface area contributed by atoms with Gasteiger partial charge in [-0.15, -0.1) is 0 Å². The van der Waals surface area contributed by atoms with Gasteiger partial charge in [0.15, 0.2) is 0 Å². The lowest BCUT2D eigenvalue weighted by atomic mass is 10.7. The van der Waals surface area contributed by atoms with E-state index in [1.165, 1.54) is 0 Å². The smallest absolute Gasteiger partial charge is 0.286 e. The lowest BCUT2D eigenvalue weighted by molar-refractivity contribution is 0.381. The predicted molar refractivity (Wildman–Crippen MR) is 68.8 cm³/mol. The summed E-state index contributed by atoms with van der Waals surface area (Å²) in [6.45, 7) is 0. The standard InChI is InChI=1S/C4H4S.C2H6O3S2.H2O4S/c1-2-4-5-3-1;3-7(4,5)2-1-6;1-5(2,3)4/h1-4H;6H,1-2H2,(H,3,4,5);(H2,1,2,3,4). The van der Waals surface area contributed by atoms with Crippen molar-refractivity contribution in [2.75, 3.05) is 11.5 Å². The van der Waals surface area contributed by atoms with Crippen LogP contribution >= 0.6 is 24.0 Å². The second-order valence-corrected chi connectivity index (χ2v) is 5.98. The van der Waals surface area contributed by atoms with Crippen LogP contribution in [0, 0.1) is 0 Å². The Kier molecular flexibility index (Phi) is 11.1. The molecule has 1 heterocycles. The van der Waals surface area contributed by atoms with Crippen LogP contribution in [0.25, 0.3) is 0 Å². The number of thiol groups is 1. The van der Waals surface area contributed by atoms with E-state index >= 15 is 0 Å². The van der Waals surface area contributed by atoms with Crippen LogP contribution in [0.15, 0.2) is 22.9 Å². The van der Waals surface area contributed by atoms with Crippen molar-refractivity contribution in [1.82, 2.24) is 0 Å². The molecule has 0 aliphatic rings. The van der Waals surface area contributed by atoms with Gasteiger partial charge >= 0.3 is 10.4 Å². The molecule has 11 heteroatoms. The van der Waals surface area contributed by atoms with Crippen molar-refractivity contribution in [3.05, 3.63) is 22.9 Å². The first-order valence-electron chi connectivity index (χ1n) is 3.79. The fourth-order valence-corrected chi connectivity index (χ4v) is 1.72. The molecule has 1 aromatic rings. The quantitative estimate of drug-likeness (QED) is 0.470. The summed E-state index contributed by atoms with van der Waals surface area (Å²) in [6, 6.07) is 4.04. The number of hydrogen-bond acceptors (Lipinski definition) is 6. The van der Waals surface area contributed by atoms with Gasteiger partial charge in [0.05, 0.1) is 5.75 Å². The molecule has 7 nitrogen and oxygen atoms in total. The van der Waals surface area contributed by atoms with E-state index in [-0.39, 0.29) is 11.5 Å². The Morgan fingerprint density at radius 3 is 1.41 bits per heavy atom. The summed E-state index contributed by atoms with van der Waals surface area (Å²) >= 11 is 5.29. The summed E-state index contributed by atoms with van der Waals surface area (Å²) in [6.07, 6.45) is 0. The molecule has 0 saturated heterocycles. The minimum absolute atomic E-state index is 0.166. The second kappa shape index (κ2) is 9.82. The molecule has 1 rings (SSSR count). The molecule has 1 aromatic heterocycles. The number of hydrogen-bond donors (Lipinski definition) is 4. The van der Waals surface area contributed by atoms with Crippen LogP contribution in [0.5, 0.6) is 0 Å². The Morgan fingerprint density at radius 1 is 1.00 bits per heavy atom. The maximum absolute atomic E-state index is 9.74. The van der Waals surface area contributed by atoms with Crippen molar-refractivity contribution < 1.29 is 30.5 Å². The average molecular weight is 324 g/mol. The first kappa shape index (κ1) is 19.2. The van der Waals surface area contributed by atoms with Crippen molar-refractivity contribution >= 4 is 44.5 Å². The molecule has 0 unspecified atom stereocenters. The third kappa shape index (κ3) is 38.8. The molecular weight excluding hydrogens is 312 g/mol. The molecule has 0 aliphatic heterocycles. The molecule has 0 aromatic carbocycles. The van der Waals surface area contributed by atoms with Crippen LogP contribution in [-0.4, -0.2) is 42.0 Å². The Morgan fingerprint density at radius 2 is 1.35 bits per heavy atom. The fraction of sp³-hybridized carbons (Fsp3) is 0.333. The number of rotatable bonds is 2. The van der Waals surface area contributed by atoms with Crippen LogP contribution in [0.2, 0.25) is 0 Å². The van der Waals surface area contributed by atoms with Gasteiger partial charge in [0, 0.05) is 5.75 Å². The zero-order valence-corrected chi connectivity index (χ0v) is 11.7. The molecule has 0 aliphatic carbocycles. The van der Waals surface area contributed by atoms with Gasteiger partial charge in [0.25, 0.3) is 10.1 Å². The summed E-state index contributed by atoms with van der Waals surface area (Å²) in [4.78, 5) is 0. The SMILES string of the molecule is O=S(=O)(O)CCS.O=S(=O)(O)O.c1ccsc1. The second-order valence-electron chi connectivity index (χ2n) is 2.25. The largest absolute Gasteiger partial charge is 0.394 e. The zero-order valence-electron chi connectivity index (χ0n) is 8.37. The highest BCUT2D eigenvalue weighted by molar-refractivity contribution is 7.87. The molecule has 0 bridgehead atoms. The Hall–Kier alpha value is -0.170. The highest BCUT2D eigenvalue weighted by Gasteiger charge is 1.98. The van der Waals surface area contributed by atoms with Gasteiger partial charge in [0.2, 0.25) is 0 Å². The van der Waals surface area contributed by atoms with Gasteiger partial charge in [0.1, 0.15) is 0 Å². The molecule has 0 spiro atoms. The van der Waals surface area contributed by atoms with E-state index in [0.717, 1.165) is 0 Å². The molecule has 0 radical (unpaired) electrons. The lowest BCUT2D eigenvalue weighted by Gasteiger charge is -1.85. The van der Waals surface area contributed by atoms with Crippen LogP contribution in [0.4, 0.5) is 0 Å². The van der Waals surface area contributed by atoms with Crippen LogP contribution in [0.1, 0.15) is 0 Å². The lowest BCUT2D eigenvalue weighted by Crippen LogP contribution is -2.03. The summed E-state index contributed by atoms with van der Waals surface area (Å²) in [5, 5.41) is 4.08. The van der Waals surface area contributed by atoms with Gasteiger partial charge in [-0.1, -0.05) is 12.1 Å². The number of thiophene rings is 1. The third-order valence-electron chi connectivity index (χ3n) is 0.775. The van der Waals surface area contributed by atoms with Gasteiger partial charge in [-0.3, -0.25) is 13.7 Å². The van der Waals surface area contributed by atoms with Gasteiger partial charge in [-0.25, -0.2) is 0 Å². The molecule has 0 atom stereocenters. The molecule has 0 amide bonds. The minimum atomic E-state index is -4.67. The van der Waals surface area contributed by atoms with E-state index < -0.39 is 20.5 Å². The Labute approximate surface area is 109 Å². The van der Waals surface area contributed by atoms with E-state index in [4.69, 9.17) is 22.1 Å². The molecule has 102 valence electrons. The predicted octanol–water partition coefficient (Wildman–Crippen LogP) is 0.899. The minimum Gasteiger partial charge on any atom is -0.286 e. The Balaban J connectivity index is 0. The highest BCUT2D eigenvalue weighted by Crippen LogP contribution is 1.91. The maximum Gasteiger partial charge on any atom is 0.394 e. The maximum atomic E-state index is 9.74. The monoisotopic (exact) mass is 324 g/mol. The Bertz CT molecular complexity index is 421. The summed E-state index contributed by atoms with van der Waals surface area (Å²) in [5.41, 5.74) is 0. The van der Waals surface area contributed by atoms with E-state index in [1.807, 2.05) is 22.9 Å². The summed E-state index contributed by atoms with van der Waals surface area (Å²) < 4.78 is 59.0. The summed E-state index contributed by atoms with van der Waals surface area (Å²) in [5.74, 6) is -0.102. The zero-order chi connectivity index (χ0) is 13.9. The third-order valence-corrected chi connectivity index (χ3v) is 2.65. The summed E-state index contributed by atoms with van der Waals surface area (Å²) in [7, 11) is -8.42. The van der Waals surface area contributed by atoms with Crippen LogP contribution < -0.4 is 0 Å². The van der Waals surface area contributed by atoms with E-state index in [2.05, 4.69) is 12.6 Å². The van der Waals surface area contributed by atoms with E-state index in [1.54, 1.807) is 11.3 Å². The van der Waals surface area contributed by atoms with Crippen molar-refractivity contribution in [2.24, 2.45) is 0 Å². The van der Waals surface area contributed by atoms with Crippen LogP contribution in [0.3, 0.4) is 0 Å². The van der Waals surface area contributed by atoms with Crippen LogP contribution in [-0.2, 0) is 20.5 Å². The van der Waals surface area contributed by atoms with Crippen molar-refractivity contribution in [3.8, 4) is 0 Å². The molecule has 17 heavy (non-hydrogen) atoms. The normalized spacial score (nSPS) is 10.6. The van der Waals surface area contributed by atoms with Crippen molar-refractivity contribution in [3.63, 3.8) is 0 Å². The molecule has 3 N–H and O–H groups in total. The fourth-order valence-electron chi connectivity index (χ4n) is 0.342. The van der Waals surface area contributed by atoms with Crippen molar-refractivity contribution in [1.29, 1.82) is 0 Å². The molecule has 0 saturated carbocycles. The molecule has 0 fully saturated rings. The van der Waals surface area contributed by atoms with Gasteiger partial charge in [-0.05, 0) is 10.8 Å². The first-order valence-corrected chi connectivity index (χ1v) is 8.37. The topological polar surface area (TPSA) is 129 Å². The highest BCUT2D eigenvalue weighted by atomic mass is 32.3. The van der Waals surface area contributed by atoms with Gasteiger partial charge in [-0.2, -0.15) is 40.8 Å². The average Bonchev–Trinajstić information content (AvgIpc) is 2.53.